The van der Waals surface area contributed by atoms with Crippen LogP contribution in [0.15, 0.2) is 5.10 Å². The largest absolute Gasteiger partial charge is 0.444 e. The highest BCUT2D eigenvalue weighted by Crippen LogP contribution is 2.19. The number of ether oxygens (including phenoxy) is 1. The number of nitrogens with one attached hydrogen (secondary N) is 1. The molecule has 0 amide bonds. The van der Waals surface area contributed by atoms with Crippen LogP contribution in [0.25, 0.3) is 0 Å². The maximum absolute atomic E-state index is 10.9. The second-order valence-corrected chi connectivity index (χ2v) is 3.94. The summed E-state index contributed by atoms with van der Waals surface area (Å²) in [6, 6.07) is 0. The molecule has 0 saturated carbocycles. The first kappa shape index (κ1) is 8.00. The molecule has 1 N–H and O–H groups in total. The molecule has 0 aliphatic carbocycles. The molecule has 0 bridgehead atoms. The predicted octanol–water partition coefficient (Wildman–Crippen LogP) is 0.129. The van der Waals surface area contributed by atoms with E-state index in [1.165, 1.54) is 0 Å². The molecule has 6 heteroatoms. The monoisotopic (exact) mass is 188 g/mol. The Morgan fingerprint density at radius 2 is 2.58 bits per heavy atom. The zero-order chi connectivity index (χ0) is 8.55. The van der Waals surface area contributed by atoms with Crippen LogP contribution in [0.4, 0.5) is 0 Å². The minimum absolute atomic E-state index is 0.253. The molecule has 2 heterocycles. The van der Waals surface area contributed by atoms with E-state index in [9.17, 15) is 4.21 Å². The smallest absolute Gasteiger partial charge is 0.138 e. The van der Waals surface area contributed by atoms with Crippen LogP contribution < -0.4 is 0 Å². The summed E-state index contributed by atoms with van der Waals surface area (Å²) in [6.45, 7) is 1.52. The second-order valence-electron chi connectivity index (χ2n) is 2.80. The van der Waals surface area contributed by atoms with Gasteiger partial charge in [-0.25, -0.2) is 0 Å². The number of rotatable bonds is 1. The second kappa shape index (κ2) is 3.02. The van der Waals surface area contributed by atoms with Crippen molar-refractivity contribution >= 4 is 16.8 Å². The number of hydrogen-bond donors (Lipinski definition) is 1. The van der Waals surface area contributed by atoms with Crippen molar-refractivity contribution < 1.29 is 8.95 Å². The van der Waals surface area contributed by atoms with Gasteiger partial charge in [0, 0.05) is 18.0 Å². The van der Waals surface area contributed by atoms with Crippen LogP contribution >= 0.6 is 0 Å². The quantitative estimate of drug-likeness (QED) is 0.595. The van der Waals surface area contributed by atoms with E-state index in [1.54, 1.807) is 11.2 Å². The summed E-state index contributed by atoms with van der Waals surface area (Å²) in [5, 5.41) is 5.43. The minimum atomic E-state index is -1.63. The van der Waals surface area contributed by atoms with Crippen molar-refractivity contribution in [3.63, 3.8) is 0 Å². The SMILES string of the molecule is N=[S-](=O)C1C=NN2CCCOC12. The molecule has 0 aromatic rings. The summed E-state index contributed by atoms with van der Waals surface area (Å²) in [5.41, 5.74) is 0. The van der Waals surface area contributed by atoms with E-state index in [0.29, 0.717) is 6.61 Å². The fourth-order valence-electron chi connectivity index (χ4n) is 1.42. The molecule has 2 aliphatic rings. The van der Waals surface area contributed by atoms with Crippen molar-refractivity contribution in [2.24, 2.45) is 5.10 Å². The van der Waals surface area contributed by atoms with Gasteiger partial charge in [0.1, 0.15) is 6.23 Å². The lowest BCUT2D eigenvalue weighted by molar-refractivity contribution is -0.0773. The molecular weight excluding hydrogens is 178 g/mol. The zero-order valence-corrected chi connectivity index (χ0v) is 7.29. The van der Waals surface area contributed by atoms with Crippen LogP contribution in [0.3, 0.4) is 0 Å². The van der Waals surface area contributed by atoms with E-state index < -0.39 is 10.6 Å². The molecule has 68 valence electrons. The Hall–Kier alpha value is -0.620. The summed E-state index contributed by atoms with van der Waals surface area (Å²) < 4.78 is 23.3. The zero-order valence-electron chi connectivity index (χ0n) is 6.47. The molecule has 0 spiro atoms. The molecule has 1 saturated heterocycles. The Balaban J connectivity index is 2.15. The molecule has 0 radical (unpaired) electrons. The lowest BCUT2D eigenvalue weighted by Gasteiger charge is -2.32. The molecule has 0 aromatic carbocycles. The first-order valence-corrected chi connectivity index (χ1v) is 5.04. The third-order valence-corrected chi connectivity index (χ3v) is 2.85. The van der Waals surface area contributed by atoms with E-state index in [2.05, 4.69) is 5.10 Å². The van der Waals surface area contributed by atoms with Crippen molar-refractivity contribution in [1.82, 2.24) is 5.01 Å². The summed E-state index contributed by atoms with van der Waals surface area (Å²) in [7, 11) is -1.63. The Morgan fingerprint density at radius 3 is 3.33 bits per heavy atom. The van der Waals surface area contributed by atoms with Gasteiger partial charge in [0.25, 0.3) is 0 Å². The molecule has 2 rings (SSSR count). The van der Waals surface area contributed by atoms with Gasteiger partial charge in [0.05, 0.1) is 6.61 Å². The highest BCUT2D eigenvalue weighted by molar-refractivity contribution is 7.75. The van der Waals surface area contributed by atoms with Crippen molar-refractivity contribution in [2.45, 2.75) is 17.9 Å². The Labute approximate surface area is 72.4 Å². The fourth-order valence-corrected chi connectivity index (χ4v) is 2.01. The first-order chi connectivity index (χ1) is 5.79. The number of hydrogen-bond acceptors (Lipinski definition) is 6. The normalized spacial score (nSPS) is 34.2. The van der Waals surface area contributed by atoms with Crippen LogP contribution in [-0.4, -0.2) is 35.9 Å². The van der Waals surface area contributed by atoms with Gasteiger partial charge in [-0.2, -0.15) is 15.7 Å². The van der Waals surface area contributed by atoms with Gasteiger partial charge in [-0.1, -0.05) is 0 Å². The number of fused-ring (bicyclic) bond motifs is 1. The van der Waals surface area contributed by atoms with E-state index >= 15 is 0 Å². The maximum Gasteiger partial charge on any atom is 0.138 e. The highest BCUT2D eigenvalue weighted by atomic mass is 32.2. The Morgan fingerprint density at radius 1 is 1.75 bits per heavy atom. The molecule has 2 unspecified atom stereocenters. The van der Waals surface area contributed by atoms with E-state index in [4.69, 9.17) is 9.52 Å². The Kier molecular flexibility index (Phi) is 2.02. The molecule has 5 nitrogen and oxygen atoms in total. The van der Waals surface area contributed by atoms with Gasteiger partial charge in [-0.3, -0.25) is 5.01 Å². The van der Waals surface area contributed by atoms with Crippen LogP contribution in [0.1, 0.15) is 6.42 Å². The summed E-state index contributed by atoms with van der Waals surface area (Å²) >= 11 is 0. The van der Waals surface area contributed by atoms with Crippen LogP contribution in [0.5, 0.6) is 0 Å². The van der Waals surface area contributed by atoms with Crippen LogP contribution in [-0.2, 0) is 19.5 Å². The first-order valence-electron chi connectivity index (χ1n) is 3.83. The van der Waals surface area contributed by atoms with E-state index in [1.807, 2.05) is 0 Å². The van der Waals surface area contributed by atoms with Gasteiger partial charge in [0.15, 0.2) is 0 Å². The summed E-state index contributed by atoms with van der Waals surface area (Å²) in [5.74, 6) is 0. The topological polar surface area (TPSA) is 65.8 Å². The lowest BCUT2D eigenvalue weighted by atomic mass is 10.3. The van der Waals surface area contributed by atoms with Crippen molar-refractivity contribution in [1.29, 1.82) is 4.78 Å². The summed E-state index contributed by atoms with van der Waals surface area (Å²) in [6.07, 6.45) is 2.25. The fraction of sp³-hybridized carbons (Fsp3) is 0.833. The molecule has 1 fully saturated rings. The van der Waals surface area contributed by atoms with Crippen molar-refractivity contribution in [3.8, 4) is 0 Å². The van der Waals surface area contributed by atoms with Crippen molar-refractivity contribution in [3.05, 3.63) is 0 Å². The third kappa shape index (κ3) is 1.21. The average molecular weight is 188 g/mol. The number of nitrogens with zero attached hydrogens (tertiary/aromatic N) is 2. The number of hydrazone groups is 1. The minimum Gasteiger partial charge on any atom is -0.444 e. The van der Waals surface area contributed by atoms with Gasteiger partial charge in [-0.05, 0) is 6.42 Å². The Bertz CT molecular complexity index is 268. The van der Waals surface area contributed by atoms with E-state index in [0.717, 1.165) is 13.0 Å². The molecular formula is C6H10N3O2S-. The predicted molar refractivity (Wildman–Crippen MR) is 44.1 cm³/mol. The van der Waals surface area contributed by atoms with Crippen molar-refractivity contribution in [2.75, 3.05) is 13.2 Å². The molecule has 2 atom stereocenters. The maximum atomic E-state index is 10.9. The molecule has 12 heavy (non-hydrogen) atoms. The van der Waals surface area contributed by atoms with Gasteiger partial charge in [-0.15, -0.1) is 0 Å². The van der Waals surface area contributed by atoms with Crippen LogP contribution in [0, 0.1) is 4.78 Å². The highest BCUT2D eigenvalue weighted by Gasteiger charge is 2.30. The lowest BCUT2D eigenvalue weighted by Crippen LogP contribution is -2.42. The van der Waals surface area contributed by atoms with E-state index in [-0.39, 0.29) is 11.5 Å². The van der Waals surface area contributed by atoms with Crippen LogP contribution in [0.2, 0.25) is 0 Å². The van der Waals surface area contributed by atoms with Gasteiger partial charge < -0.3 is 13.7 Å². The summed E-state index contributed by atoms with van der Waals surface area (Å²) in [4.78, 5) is 0. The third-order valence-electron chi connectivity index (χ3n) is 2.00. The standard InChI is InChI=1S/C6H10N3O2S/c7-12(10)5-4-8-9-2-1-3-11-6(5)9/h4-7H,1-3H2/q-1. The average Bonchev–Trinajstić information content (AvgIpc) is 2.47. The molecule has 0 aromatic heterocycles. The molecule has 2 aliphatic heterocycles. The van der Waals surface area contributed by atoms with Gasteiger partial charge in [0.2, 0.25) is 0 Å². The van der Waals surface area contributed by atoms with Gasteiger partial charge >= 0.3 is 0 Å².